The molecule has 0 spiro atoms. The molecule has 96 valence electrons. The predicted molar refractivity (Wildman–Crippen MR) is 70.9 cm³/mol. The molecule has 2 N–H and O–H groups in total. The molecule has 0 aliphatic carbocycles. The van der Waals surface area contributed by atoms with Crippen molar-refractivity contribution in [1.82, 2.24) is 0 Å². The average Bonchev–Trinajstić information content (AvgIpc) is 2.49. The average molecular weight is 268 g/mol. The number of hydrogen-bond acceptors (Lipinski definition) is 3. The van der Waals surface area contributed by atoms with Crippen LogP contribution in [0, 0.1) is 0 Å². The largest absolute Gasteiger partial charge is 0.322 e. The fraction of sp³-hybridized carbons (Fsp3) is 0.333. The highest BCUT2D eigenvalue weighted by atomic mass is 35.5. The second kappa shape index (κ2) is 4.96. The summed E-state index contributed by atoms with van der Waals surface area (Å²) in [5.74, 6) is -0.293. The minimum absolute atomic E-state index is 0.0725. The molecule has 1 aromatic carbocycles. The van der Waals surface area contributed by atoms with Crippen LogP contribution in [0.3, 0.4) is 0 Å². The van der Waals surface area contributed by atoms with Crippen LogP contribution >= 0.6 is 11.6 Å². The zero-order chi connectivity index (χ0) is 13.3. The van der Waals surface area contributed by atoms with Gasteiger partial charge >= 0.3 is 0 Å². The molecule has 0 saturated carbocycles. The van der Waals surface area contributed by atoms with Gasteiger partial charge in [0.15, 0.2) is 0 Å². The van der Waals surface area contributed by atoms with E-state index in [1.54, 1.807) is 25.2 Å². The number of carbonyl (C=O) groups excluding carboxylic acids is 2. The van der Waals surface area contributed by atoms with Crippen LogP contribution in [0.4, 0.5) is 11.4 Å². The van der Waals surface area contributed by atoms with Crippen LogP contribution in [0.25, 0.3) is 0 Å². The van der Waals surface area contributed by atoms with Crippen molar-refractivity contribution in [3.05, 3.63) is 23.2 Å². The summed E-state index contributed by atoms with van der Waals surface area (Å²) in [6.45, 7) is 0.233. The highest BCUT2D eigenvalue weighted by Gasteiger charge is 2.28. The van der Waals surface area contributed by atoms with E-state index in [0.29, 0.717) is 22.9 Å². The number of amides is 2. The Morgan fingerprint density at radius 3 is 2.89 bits per heavy atom. The smallest absolute Gasteiger partial charge is 0.240 e. The second-order valence-corrected chi connectivity index (χ2v) is 4.47. The third kappa shape index (κ3) is 2.07. The van der Waals surface area contributed by atoms with Crippen LogP contribution in [0.15, 0.2) is 18.2 Å². The highest BCUT2D eigenvalue weighted by molar-refractivity contribution is 6.35. The molecule has 0 atom stereocenters. The summed E-state index contributed by atoms with van der Waals surface area (Å²) in [4.78, 5) is 26.7. The summed E-state index contributed by atoms with van der Waals surface area (Å²) in [5.41, 5.74) is 6.59. The third-order valence-corrected chi connectivity index (χ3v) is 3.30. The fourth-order valence-corrected chi connectivity index (χ4v) is 2.34. The number of benzene rings is 1. The maximum Gasteiger partial charge on any atom is 0.240 e. The number of rotatable bonds is 1. The van der Waals surface area contributed by atoms with Crippen molar-refractivity contribution in [3.63, 3.8) is 0 Å². The molecule has 0 bridgehead atoms. The van der Waals surface area contributed by atoms with Crippen LogP contribution in [0.5, 0.6) is 0 Å². The minimum Gasteiger partial charge on any atom is -0.322 e. The van der Waals surface area contributed by atoms with Crippen LogP contribution < -0.4 is 15.5 Å². The van der Waals surface area contributed by atoms with Crippen molar-refractivity contribution in [1.29, 1.82) is 0 Å². The molecule has 0 aromatic heterocycles. The zero-order valence-electron chi connectivity index (χ0n) is 10.0. The summed E-state index contributed by atoms with van der Waals surface area (Å²) >= 11 is 6.12. The first kappa shape index (κ1) is 12.9. The molecule has 0 radical (unpaired) electrons. The SMILES string of the molecule is CN1C(=O)CCN(C(=O)CN)c2cccc(Cl)c21. The molecule has 0 saturated heterocycles. The van der Waals surface area contributed by atoms with Crippen LogP contribution in [0.2, 0.25) is 5.02 Å². The first-order valence-corrected chi connectivity index (χ1v) is 5.99. The molecular weight excluding hydrogens is 254 g/mol. The van der Waals surface area contributed by atoms with Crippen molar-refractivity contribution in [3.8, 4) is 0 Å². The molecule has 1 aromatic rings. The van der Waals surface area contributed by atoms with Gasteiger partial charge in [0, 0.05) is 20.0 Å². The molecule has 1 heterocycles. The van der Waals surface area contributed by atoms with E-state index < -0.39 is 0 Å². The molecule has 2 amide bonds. The highest BCUT2D eigenvalue weighted by Crippen LogP contribution is 2.37. The van der Waals surface area contributed by atoms with Crippen LogP contribution in [0.1, 0.15) is 6.42 Å². The molecule has 1 aliphatic heterocycles. The Morgan fingerprint density at radius 1 is 1.50 bits per heavy atom. The van der Waals surface area contributed by atoms with Gasteiger partial charge in [-0.3, -0.25) is 9.59 Å². The minimum atomic E-state index is -0.221. The standard InChI is InChI=1S/C12H14ClN3O2/c1-15-10(17)5-6-16(11(18)7-14)9-4-2-3-8(13)12(9)15/h2-4H,5-7,14H2,1H3. The van der Waals surface area contributed by atoms with E-state index in [1.807, 2.05) is 0 Å². The number of anilines is 2. The lowest BCUT2D eigenvalue weighted by atomic mass is 10.2. The Balaban J connectivity index is 2.58. The van der Waals surface area contributed by atoms with Crippen LogP contribution in [-0.2, 0) is 9.59 Å². The molecule has 0 unspecified atom stereocenters. The fourth-order valence-electron chi connectivity index (χ4n) is 2.04. The van der Waals surface area contributed by atoms with E-state index in [-0.39, 0.29) is 24.8 Å². The van der Waals surface area contributed by atoms with Crippen molar-refractivity contribution in [2.24, 2.45) is 5.73 Å². The predicted octanol–water partition coefficient (Wildman–Crippen LogP) is 0.998. The van der Waals surface area contributed by atoms with Gasteiger partial charge in [0.2, 0.25) is 11.8 Å². The number of carbonyl (C=O) groups is 2. The summed E-state index contributed by atoms with van der Waals surface area (Å²) in [6.07, 6.45) is 0.257. The molecule has 1 aliphatic rings. The molecule has 5 nitrogen and oxygen atoms in total. The Hall–Kier alpha value is -1.59. The van der Waals surface area contributed by atoms with Gasteiger partial charge in [-0.15, -0.1) is 0 Å². The maximum atomic E-state index is 11.9. The Kier molecular flexibility index (Phi) is 3.54. The molecular formula is C12H14ClN3O2. The lowest BCUT2D eigenvalue weighted by molar-refractivity contribution is -0.118. The van der Waals surface area contributed by atoms with Gasteiger partial charge < -0.3 is 15.5 Å². The van der Waals surface area contributed by atoms with E-state index in [1.165, 1.54) is 9.80 Å². The van der Waals surface area contributed by atoms with E-state index in [0.717, 1.165) is 0 Å². The summed E-state index contributed by atoms with van der Waals surface area (Å²) < 4.78 is 0. The van der Waals surface area contributed by atoms with Gasteiger partial charge in [-0.2, -0.15) is 0 Å². The third-order valence-electron chi connectivity index (χ3n) is 2.99. The van der Waals surface area contributed by atoms with Crippen molar-refractivity contribution < 1.29 is 9.59 Å². The normalized spacial score (nSPS) is 15.4. The van der Waals surface area contributed by atoms with Gasteiger partial charge in [-0.1, -0.05) is 17.7 Å². The monoisotopic (exact) mass is 267 g/mol. The van der Waals surface area contributed by atoms with Crippen molar-refractivity contribution >= 4 is 34.8 Å². The number of para-hydroxylation sites is 1. The number of fused-ring (bicyclic) bond motifs is 1. The van der Waals surface area contributed by atoms with E-state index in [4.69, 9.17) is 17.3 Å². The molecule has 0 fully saturated rings. The van der Waals surface area contributed by atoms with Gasteiger partial charge in [-0.25, -0.2) is 0 Å². The molecule has 18 heavy (non-hydrogen) atoms. The number of nitrogens with two attached hydrogens (primary N) is 1. The Bertz CT molecular complexity index is 504. The van der Waals surface area contributed by atoms with E-state index in [2.05, 4.69) is 0 Å². The lowest BCUT2D eigenvalue weighted by Gasteiger charge is -2.23. The topological polar surface area (TPSA) is 66.6 Å². The summed E-state index contributed by atoms with van der Waals surface area (Å²) in [7, 11) is 1.66. The Morgan fingerprint density at radius 2 is 2.22 bits per heavy atom. The number of nitrogens with zero attached hydrogens (tertiary/aromatic N) is 2. The summed E-state index contributed by atoms with van der Waals surface area (Å²) in [5, 5.41) is 0.445. The van der Waals surface area contributed by atoms with E-state index in [9.17, 15) is 9.59 Å². The van der Waals surface area contributed by atoms with Gasteiger partial charge in [0.25, 0.3) is 0 Å². The maximum absolute atomic E-state index is 11.9. The summed E-state index contributed by atoms with van der Waals surface area (Å²) in [6, 6.07) is 5.21. The zero-order valence-corrected chi connectivity index (χ0v) is 10.8. The van der Waals surface area contributed by atoms with Gasteiger partial charge in [0.05, 0.1) is 22.9 Å². The van der Waals surface area contributed by atoms with Gasteiger partial charge in [0.1, 0.15) is 0 Å². The first-order valence-electron chi connectivity index (χ1n) is 5.61. The quantitative estimate of drug-likeness (QED) is 0.825. The van der Waals surface area contributed by atoms with Crippen LogP contribution in [-0.4, -0.2) is 32.0 Å². The first-order chi connectivity index (χ1) is 8.56. The number of halogens is 1. The Labute approximate surface area is 110 Å². The van der Waals surface area contributed by atoms with Crippen molar-refractivity contribution in [2.75, 3.05) is 29.9 Å². The van der Waals surface area contributed by atoms with Crippen molar-refractivity contribution in [2.45, 2.75) is 6.42 Å². The second-order valence-electron chi connectivity index (χ2n) is 4.06. The number of hydrogen-bond donors (Lipinski definition) is 1. The lowest BCUT2D eigenvalue weighted by Crippen LogP contribution is -2.36. The van der Waals surface area contributed by atoms with E-state index >= 15 is 0 Å². The molecule has 2 rings (SSSR count). The molecule has 6 heteroatoms. The van der Waals surface area contributed by atoms with Gasteiger partial charge in [-0.05, 0) is 12.1 Å².